The van der Waals surface area contributed by atoms with E-state index in [1.54, 1.807) is 6.92 Å². The number of anilines is 1. The van der Waals surface area contributed by atoms with Gasteiger partial charge >= 0.3 is 5.97 Å². The summed E-state index contributed by atoms with van der Waals surface area (Å²) in [5.74, 6) is -0.401. The molecule has 0 radical (unpaired) electrons. The number of hydrogen-bond acceptors (Lipinski definition) is 9. The predicted octanol–water partition coefficient (Wildman–Crippen LogP) is 0.648. The largest absolute Gasteiger partial charge is 0.461 e. The van der Waals surface area contributed by atoms with Crippen molar-refractivity contribution < 1.29 is 14.3 Å². The SMILES string of the molecule is CCOC(=O)c1nc(NCc2nn[nH]n2)sc1C(C)=O. The number of nitrogens with one attached hydrogen (secondary N) is 2. The van der Waals surface area contributed by atoms with Gasteiger partial charge in [0.15, 0.2) is 22.4 Å². The second-order valence-electron chi connectivity index (χ2n) is 3.65. The van der Waals surface area contributed by atoms with Crippen molar-refractivity contribution in [3.63, 3.8) is 0 Å². The minimum atomic E-state index is -0.610. The van der Waals surface area contributed by atoms with Crippen molar-refractivity contribution in [2.24, 2.45) is 0 Å². The van der Waals surface area contributed by atoms with Gasteiger partial charge in [-0.05, 0) is 6.92 Å². The van der Waals surface area contributed by atoms with Crippen molar-refractivity contribution in [2.45, 2.75) is 20.4 Å². The van der Waals surface area contributed by atoms with Gasteiger partial charge in [0.2, 0.25) is 0 Å². The van der Waals surface area contributed by atoms with Gasteiger partial charge in [0.05, 0.1) is 13.2 Å². The summed E-state index contributed by atoms with van der Waals surface area (Å²) in [6.07, 6.45) is 0. The highest BCUT2D eigenvalue weighted by Crippen LogP contribution is 2.24. The van der Waals surface area contributed by atoms with Gasteiger partial charge in [0, 0.05) is 6.92 Å². The number of hydrogen-bond donors (Lipinski definition) is 2. The number of thiazole rings is 1. The lowest BCUT2D eigenvalue weighted by molar-refractivity contribution is 0.0517. The zero-order valence-electron chi connectivity index (χ0n) is 10.8. The summed E-state index contributed by atoms with van der Waals surface area (Å²) < 4.78 is 4.87. The molecule has 2 rings (SSSR count). The number of ether oxygens (including phenoxy) is 1. The number of carbonyl (C=O) groups excluding carboxylic acids is 2. The molecule has 0 saturated heterocycles. The summed E-state index contributed by atoms with van der Waals surface area (Å²) in [5.41, 5.74) is 0.0277. The highest BCUT2D eigenvalue weighted by atomic mass is 32.1. The molecule has 2 heterocycles. The van der Waals surface area contributed by atoms with Crippen LogP contribution in [0, 0.1) is 0 Å². The summed E-state index contributed by atoms with van der Waals surface area (Å²) in [4.78, 5) is 27.6. The number of aromatic amines is 1. The molecule has 0 amide bonds. The second kappa shape index (κ2) is 6.19. The Labute approximate surface area is 117 Å². The molecule has 0 aromatic carbocycles. The van der Waals surface area contributed by atoms with Crippen molar-refractivity contribution >= 4 is 28.2 Å². The predicted molar refractivity (Wildman–Crippen MR) is 69.6 cm³/mol. The normalized spacial score (nSPS) is 10.3. The van der Waals surface area contributed by atoms with Crippen LogP contribution in [0.25, 0.3) is 0 Å². The second-order valence-corrected chi connectivity index (χ2v) is 4.65. The highest BCUT2D eigenvalue weighted by Gasteiger charge is 2.22. The topological polar surface area (TPSA) is 123 Å². The van der Waals surface area contributed by atoms with Gasteiger partial charge in [-0.3, -0.25) is 4.79 Å². The van der Waals surface area contributed by atoms with Crippen LogP contribution in [0.3, 0.4) is 0 Å². The highest BCUT2D eigenvalue weighted by molar-refractivity contribution is 7.17. The number of nitrogens with zero attached hydrogens (tertiary/aromatic N) is 4. The van der Waals surface area contributed by atoms with Gasteiger partial charge in [0.25, 0.3) is 0 Å². The molecule has 0 fully saturated rings. The monoisotopic (exact) mass is 296 g/mol. The molecule has 0 aliphatic heterocycles. The van der Waals surface area contributed by atoms with Crippen LogP contribution in [0.15, 0.2) is 0 Å². The molecule has 0 atom stereocenters. The van der Waals surface area contributed by atoms with Crippen LogP contribution in [0.4, 0.5) is 5.13 Å². The summed E-state index contributed by atoms with van der Waals surface area (Å²) >= 11 is 1.08. The van der Waals surface area contributed by atoms with Crippen molar-refractivity contribution in [2.75, 3.05) is 11.9 Å². The summed E-state index contributed by atoms with van der Waals surface area (Å²) in [6.45, 7) is 3.56. The Kier molecular flexibility index (Phi) is 4.35. The molecule has 0 saturated carbocycles. The van der Waals surface area contributed by atoms with E-state index in [9.17, 15) is 9.59 Å². The quantitative estimate of drug-likeness (QED) is 0.588. The third kappa shape index (κ3) is 3.15. The Morgan fingerprint density at radius 2 is 2.25 bits per heavy atom. The van der Waals surface area contributed by atoms with Gasteiger partial charge in [0.1, 0.15) is 4.88 Å². The Morgan fingerprint density at radius 3 is 2.85 bits per heavy atom. The Bertz CT molecular complexity index is 609. The van der Waals surface area contributed by atoms with E-state index in [-0.39, 0.29) is 29.5 Å². The number of H-pyrrole nitrogens is 1. The number of ketones is 1. The van der Waals surface area contributed by atoms with Crippen molar-refractivity contribution in [3.8, 4) is 0 Å². The zero-order chi connectivity index (χ0) is 14.5. The Morgan fingerprint density at radius 1 is 1.45 bits per heavy atom. The maximum atomic E-state index is 11.7. The number of carbonyl (C=O) groups is 2. The lowest BCUT2D eigenvalue weighted by atomic mass is 10.3. The molecular weight excluding hydrogens is 284 g/mol. The van der Waals surface area contributed by atoms with Gasteiger partial charge in [-0.2, -0.15) is 5.21 Å². The molecule has 106 valence electrons. The van der Waals surface area contributed by atoms with E-state index >= 15 is 0 Å². The number of aromatic nitrogens is 5. The fraction of sp³-hybridized carbons (Fsp3) is 0.400. The molecule has 0 bridgehead atoms. The molecule has 10 heteroatoms. The van der Waals surface area contributed by atoms with Crippen LogP contribution in [0.2, 0.25) is 0 Å². The van der Waals surface area contributed by atoms with E-state index in [0.717, 1.165) is 11.3 Å². The first-order valence-corrected chi connectivity index (χ1v) is 6.58. The van der Waals surface area contributed by atoms with Gasteiger partial charge < -0.3 is 10.1 Å². The van der Waals surface area contributed by atoms with E-state index in [1.165, 1.54) is 6.92 Å². The Balaban J connectivity index is 2.16. The molecule has 2 aromatic heterocycles. The summed E-state index contributed by atoms with van der Waals surface area (Å²) in [5, 5.41) is 16.6. The summed E-state index contributed by atoms with van der Waals surface area (Å²) in [7, 11) is 0. The third-order valence-electron chi connectivity index (χ3n) is 2.20. The van der Waals surface area contributed by atoms with Gasteiger partial charge in [-0.15, -0.1) is 10.2 Å². The number of Topliss-reactive ketones (excluding diaryl/α,β-unsaturated/α-hetero) is 1. The molecule has 0 aliphatic rings. The fourth-order valence-corrected chi connectivity index (χ4v) is 2.23. The molecule has 2 N–H and O–H groups in total. The lowest BCUT2D eigenvalue weighted by Crippen LogP contribution is -2.09. The summed E-state index contributed by atoms with van der Waals surface area (Å²) in [6, 6.07) is 0. The van der Waals surface area contributed by atoms with Crippen LogP contribution in [0.1, 0.15) is 39.8 Å². The lowest BCUT2D eigenvalue weighted by Gasteiger charge is -1.99. The minimum Gasteiger partial charge on any atom is -0.461 e. The third-order valence-corrected chi connectivity index (χ3v) is 3.32. The number of tetrazole rings is 1. The van der Waals surface area contributed by atoms with E-state index in [0.29, 0.717) is 11.0 Å². The van der Waals surface area contributed by atoms with Crippen molar-refractivity contribution in [1.29, 1.82) is 0 Å². The van der Waals surface area contributed by atoms with Crippen LogP contribution < -0.4 is 5.32 Å². The number of esters is 1. The van der Waals surface area contributed by atoms with Crippen LogP contribution >= 0.6 is 11.3 Å². The number of rotatable bonds is 6. The maximum absolute atomic E-state index is 11.7. The average molecular weight is 296 g/mol. The van der Waals surface area contributed by atoms with E-state index < -0.39 is 5.97 Å². The molecule has 0 aliphatic carbocycles. The molecule has 0 unspecified atom stereocenters. The Hall–Kier alpha value is -2.36. The van der Waals surface area contributed by atoms with E-state index in [2.05, 4.69) is 30.9 Å². The standard InChI is InChI=1S/C10H12N6O3S/c1-3-19-9(18)7-8(5(2)17)20-10(12-7)11-4-6-13-15-16-14-6/h3-4H2,1-2H3,(H,11,12)(H,13,14,15,16). The molecule has 20 heavy (non-hydrogen) atoms. The van der Waals surface area contributed by atoms with Gasteiger partial charge in [-0.1, -0.05) is 16.6 Å². The fourth-order valence-electron chi connectivity index (χ4n) is 1.38. The van der Waals surface area contributed by atoms with Crippen LogP contribution in [-0.2, 0) is 11.3 Å². The average Bonchev–Trinajstić information content (AvgIpc) is 3.06. The smallest absolute Gasteiger partial charge is 0.358 e. The molecule has 2 aromatic rings. The molecule has 0 spiro atoms. The zero-order valence-corrected chi connectivity index (χ0v) is 11.7. The first-order valence-electron chi connectivity index (χ1n) is 5.77. The first kappa shape index (κ1) is 14.1. The van der Waals surface area contributed by atoms with Crippen molar-refractivity contribution in [1.82, 2.24) is 25.6 Å². The minimum absolute atomic E-state index is 0.0277. The van der Waals surface area contributed by atoms with E-state index in [1.807, 2.05) is 0 Å². The van der Waals surface area contributed by atoms with E-state index in [4.69, 9.17) is 4.74 Å². The van der Waals surface area contributed by atoms with Crippen LogP contribution in [0.5, 0.6) is 0 Å². The van der Waals surface area contributed by atoms with Gasteiger partial charge in [-0.25, -0.2) is 9.78 Å². The first-order chi connectivity index (χ1) is 9.61. The maximum Gasteiger partial charge on any atom is 0.358 e. The van der Waals surface area contributed by atoms with Crippen molar-refractivity contribution in [3.05, 3.63) is 16.4 Å². The van der Waals surface area contributed by atoms with Crippen LogP contribution in [-0.4, -0.2) is 44.0 Å². The molecule has 9 nitrogen and oxygen atoms in total. The molecular formula is C10H12N6O3S.